The topological polar surface area (TPSA) is 29.5 Å². The van der Waals surface area contributed by atoms with Crippen LogP contribution in [0.1, 0.15) is 43.6 Å². The van der Waals surface area contributed by atoms with Gasteiger partial charge in [0.1, 0.15) is 0 Å². The molecule has 4 heteroatoms. The van der Waals surface area contributed by atoms with Crippen LogP contribution in [-0.4, -0.2) is 35.1 Å². The van der Waals surface area contributed by atoms with Gasteiger partial charge in [0.2, 0.25) is 0 Å². The molecule has 0 radical (unpaired) electrons. The maximum Gasteiger partial charge on any atom is 0.331 e. The fourth-order valence-electron chi connectivity index (χ4n) is 5.44. The molecule has 1 aliphatic carbocycles. The highest BCUT2D eigenvalue weighted by molar-refractivity contribution is 6.30. The molecule has 0 aromatic heterocycles. The molecule has 2 saturated heterocycles. The normalized spacial score (nSPS) is 38.7. The summed E-state index contributed by atoms with van der Waals surface area (Å²) in [5.74, 6) is 0.298. The molecular formula is C19H20ClNO2. The predicted molar refractivity (Wildman–Crippen MR) is 88.5 cm³/mol. The van der Waals surface area contributed by atoms with Crippen molar-refractivity contribution in [3.05, 3.63) is 46.5 Å². The van der Waals surface area contributed by atoms with Crippen LogP contribution in [-0.2, 0) is 9.53 Å². The van der Waals surface area contributed by atoms with E-state index in [-0.39, 0.29) is 11.6 Å². The van der Waals surface area contributed by atoms with Crippen molar-refractivity contribution < 1.29 is 9.53 Å². The first kappa shape index (κ1) is 14.1. The van der Waals surface area contributed by atoms with Crippen molar-refractivity contribution in [3.8, 4) is 0 Å². The average Bonchev–Trinajstić information content (AvgIpc) is 3.04. The summed E-state index contributed by atoms with van der Waals surface area (Å²) in [4.78, 5) is 14.7. The van der Waals surface area contributed by atoms with E-state index in [9.17, 15) is 4.79 Å². The van der Waals surface area contributed by atoms with Gasteiger partial charge in [-0.2, -0.15) is 0 Å². The Morgan fingerprint density at radius 1 is 1.22 bits per heavy atom. The number of nitrogens with zero attached hydrogens (tertiary/aromatic N) is 1. The third-order valence-corrected chi connectivity index (χ3v) is 6.59. The van der Waals surface area contributed by atoms with E-state index < -0.39 is 0 Å². The average molecular weight is 330 g/mol. The van der Waals surface area contributed by atoms with Gasteiger partial charge in [-0.1, -0.05) is 30.2 Å². The van der Waals surface area contributed by atoms with Gasteiger partial charge in [0.15, 0.2) is 5.60 Å². The summed E-state index contributed by atoms with van der Waals surface area (Å²) in [6, 6.07) is 9.11. The first-order chi connectivity index (χ1) is 11.2. The molecule has 4 aliphatic rings. The monoisotopic (exact) mass is 329 g/mol. The summed E-state index contributed by atoms with van der Waals surface area (Å²) >= 11 is 6.06. The van der Waals surface area contributed by atoms with Crippen LogP contribution in [0.25, 0.3) is 0 Å². The SMILES string of the molecule is O=C1C=C2C[C@@H](c3ccc(Cl)cc3)[C@@H]3C[C@@]2(O1)[C@H]1CCCCN31. The van der Waals surface area contributed by atoms with Gasteiger partial charge in [-0.25, -0.2) is 4.79 Å². The van der Waals surface area contributed by atoms with E-state index in [2.05, 4.69) is 17.0 Å². The maximum absolute atomic E-state index is 12.0. The number of ether oxygens (including phenoxy) is 1. The zero-order valence-corrected chi connectivity index (χ0v) is 13.8. The van der Waals surface area contributed by atoms with Crippen LogP contribution < -0.4 is 0 Å². The molecule has 5 rings (SSSR count). The molecule has 3 aliphatic heterocycles. The van der Waals surface area contributed by atoms with E-state index in [1.165, 1.54) is 24.0 Å². The van der Waals surface area contributed by atoms with Crippen LogP contribution in [0, 0.1) is 0 Å². The largest absolute Gasteiger partial charge is 0.450 e. The minimum absolute atomic E-state index is 0.136. The van der Waals surface area contributed by atoms with E-state index in [0.29, 0.717) is 18.0 Å². The van der Waals surface area contributed by atoms with Crippen LogP contribution >= 0.6 is 11.6 Å². The summed E-state index contributed by atoms with van der Waals surface area (Å²) in [6.07, 6.45) is 7.31. The Bertz CT molecular complexity index is 698. The summed E-state index contributed by atoms with van der Waals surface area (Å²) in [7, 11) is 0. The summed E-state index contributed by atoms with van der Waals surface area (Å²) in [5.41, 5.74) is 2.25. The third kappa shape index (κ3) is 1.90. The van der Waals surface area contributed by atoms with E-state index in [1.54, 1.807) is 6.08 Å². The number of esters is 1. The van der Waals surface area contributed by atoms with Crippen LogP contribution in [0.15, 0.2) is 35.9 Å². The second-order valence-electron chi connectivity index (χ2n) is 7.36. The van der Waals surface area contributed by atoms with E-state index >= 15 is 0 Å². The molecule has 3 heterocycles. The Labute approximate surface area is 141 Å². The minimum Gasteiger partial charge on any atom is -0.450 e. The quantitative estimate of drug-likeness (QED) is 0.736. The lowest BCUT2D eigenvalue weighted by Crippen LogP contribution is -2.48. The van der Waals surface area contributed by atoms with Crippen molar-refractivity contribution in [2.75, 3.05) is 6.54 Å². The van der Waals surface area contributed by atoms with Gasteiger partial charge in [-0.3, -0.25) is 4.90 Å². The molecule has 120 valence electrons. The predicted octanol–water partition coefficient (Wildman–Crippen LogP) is 3.68. The van der Waals surface area contributed by atoms with Crippen LogP contribution in [0.5, 0.6) is 0 Å². The Hall–Kier alpha value is -1.32. The highest BCUT2D eigenvalue weighted by Gasteiger charge is 2.63. The fraction of sp³-hybridized carbons (Fsp3) is 0.526. The number of benzene rings is 1. The Morgan fingerprint density at radius 2 is 2.04 bits per heavy atom. The highest BCUT2D eigenvalue weighted by Crippen LogP contribution is 2.57. The lowest BCUT2D eigenvalue weighted by Gasteiger charge is -2.38. The van der Waals surface area contributed by atoms with Crippen molar-refractivity contribution in [1.82, 2.24) is 4.90 Å². The zero-order valence-electron chi connectivity index (χ0n) is 13.0. The fourth-order valence-corrected chi connectivity index (χ4v) is 5.56. The molecule has 0 N–H and O–H groups in total. The number of rotatable bonds is 1. The number of carbonyl (C=O) groups excluding carboxylic acids is 1. The highest BCUT2D eigenvalue weighted by atomic mass is 35.5. The van der Waals surface area contributed by atoms with Gasteiger partial charge >= 0.3 is 5.97 Å². The van der Waals surface area contributed by atoms with Gasteiger partial charge in [-0.05, 0) is 49.1 Å². The van der Waals surface area contributed by atoms with E-state index in [4.69, 9.17) is 16.3 Å². The summed E-state index contributed by atoms with van der Waals surface area (Å²) in [5, 5.41) is 0.778. The van der Waals surface area contributed by atoms with Crippen LogP contribution in [0.2, 0.25) is 5.02 Å². The molecule has 0 unspecified atom stereocenters. The molecule has 0 amide bonds. The first-order valence-corrected chi connectivity index (χ1v) is 9.00. The Kier molecular flexibility index (Phi) is 2.96. The lowest BCUT2D eigenvalue weighted by molar-refractivity contribution is -0.148. The number of hydrogen-bond acceptors (Lipinski definition) is 3. The molecule has 3 fully saturated rings. The number of halogens is 1. The molecular weight excluding hydrogens is 310 g/mol. The zero-order chi connectivity index (χ0) is 15.6. The molecule has 2 bridgehead atoms. The third-order valence-electron chi connectivity index (χ3n) is 6.34. The van der Waals surface area contributed by atoms with Gasteiger partial charge in [0.05, 0.1) is 6.04 Å². The molecule has 1 spiro atoms. The van der Waals surface area contributed by atoms with Gasteiger partial charge < -0.3 is 4.74 Å². The van der Waals surface area contributed by atoms with Crippen molar-refractivity contribution in [3.63, 3.8) is 0 Å². The van der Waals surface area contributed by atoms with Crippen LogP contribution in [0.4, 0.5) is 0 Å². The van der Waals surface area contributed by atoms with Gasteiger partial charge in [0.25, 0.3) is 0 Å². The summed E-state index contributed by atoms with van der Waals surface area (Å²) in [6.45, 7) is 1.13. The van der Waals surface area contributed by atoms with E-state index in [1.807, 2.05) is 12.1 Å². The maximum atomic E-state index is 12.0. The lowest BCUT2D eigenvalue weighted by atomic mass is 9.71. The Balaban J connectivity index is 1.59. The van der Waals surface area contributed by atoms with Crippen molar-refractivity contribution in [2.45, 2.75) is 55.7 Å². The number of hydrogen-bond donors (Lipinski definition) is 0. The number of fused-ring (bicyclic) bond motifs is 3. The molecule has 3 nitrogen and oxygen atoms in total. The second-order valence-corrected chi connectivity index (χ2v) is 7.80. The first-order valence-electron chi connectivity index (χ1n) is 8.63. The molecule has 23 heavy (non-hydrogen) atoms. The smallest absolute Gasteiger partial charge is 0.331 e. The van der Waals surface area contributed by atoms with Gasteiger partial charge in [0, 0.05) is 29.5 Å². The molecule has 4 atom stereocenters. The second kappa shape index (κ2) is 4.84. The van der Waals surface area contributed by atoms with E-state index in [0.717, 1.165) is 30.8 Å². The standard InChI is InChI=1S/C19H20ClNO2/c20-14-6-4-12(5-7-14)15-9-13-10-18(22)23-19(13)11-16(15)21-8-2-1-3-17(19)21/h4-7,10,15-17H,1-3,8-9,11H2/t15-,16-,17+,19-/m0/s1. The Morgan fingerprint density at radius 3 is 2.87 bits per heavy atom. The van der Waals surface area contributed by atoms with Crippen molar-refractivity contribution >= 4 is 17.6 Å². The van der Waals surface area contributed by atoms with Gasteiger partial charge in [-0.15, -0.1) is 0 Å². The molecule has 1 aromatic rings. The van der Waals surface area contributed by atoms with Crippen LogP contribution in [0.3, 0.4) is 0 Å². The summed E-state index contributed by atoms with van der Waals surface area (Å²) < 4.78 is 5.92. The number of piperidine rings is 1. The number of carbonyl (C=O) groups is 1. The molecule has 1 saturated carbocycles. The molecule has 1 aromatic carbocycles. The minimum atomic E-state index is -0.314. The van der Waals surface area contributed by atoms with Crippen molar-refractivity contribution in [1.29, 1.82) is 0 Å². The van der Waals surface area contributed by atoms with Crippen molar-refractivity contribution in [2.24, 2.45) is 0 Å².